The van der Waals surface area contributed by atoms with Crippen LogP contribution in [0, 0.1) is 0 Å². The summed E-state index contributed by atoms with van der Waals surface area (Å²) in [5, 5.41) is 3.29. The fourth-order valence-electron chi connectivity index (χ4n) is 1.40. The number of benzene rings is 1. The van der Waals surface area contributed by atoms with Gasteiger partial charge >= 0.3 is 0 Å². The molecule has 19 heavy (non-hydrogen) atoms. The maximum Gasteiger partial charge on any atom is 0.293 e. The highest BCUT2D eigenvalue weighted by molar-refractivity contribution is 7.73. The number of methoxy groups -OCH3 is 1. The lowest BCUT2D eigenvalue weighted by molar-refractivity contribution is 0.0968. The monoisotopic (exact) mass is 283 g/mol. The van der Waals surface area contributed by atoms with E-state index < -0.39 is 22.7 Å². The van der Waals surface area contributed by atoms with Crippen LogP contribution in [-0.4, -0.2) is 27.4 Å². The molecule has 0 aliphatic heterocycles. The largest absolute Gasteiger partial charge is 0.495 e. The molecule has 0 fully saturated rings. The summed E-state index contributed by atoms with van der Waals surface area (Å²) in [7, 11) is -1.16. The van der Waals surface area contributed by atoms with Crippen molar-refractivity contribution in [3.63, 3.8) is 0 Å². The minimum atomic E-state index is -2.54. The number of ether oxygens (including phenoxy) is 1. The Labute approximate surface area is 111 Å². The van der Waals surface area contributed by atoms with E-state index in [0.717, 1.165) is 0 Å². The van der Waals surface area contributed by atoms with Crippen LogP contribution in [0.5, 0.6) is 5.75 Å². The molecule has 1 unspecified atom stereocenters. The maximum absolute atomic E-state index is 11.9. The van der Waals surface area contributed by atoms with E-state index in [0.29, 0.717) is 0 Å². The first-order chi connectivity index (χ1) is 8.99. The number of nitrogens with zero attached hydrogens (tertiary/aromatic N) is 3. The number of hydrogen-bond acceptors (Lipinski definition) is 5. The second kappa shape index (κ2) is 6.53. The highest BCUT2D eigenvalue weighted by atomic mass is 32.2. The van der Waals surface area contributed by atoms with Gasteiger partial charge in [-0.2, -0.15) is 8.42 Å². The zero-order chi connectivity index (χ0) is 14.4. The molecule has 1 N–H and O–H groups in total. The molecule has 0 amide bonds. The molecule has 0 aliphatic carbocycles. The van der Waals surface area contributed by atoms with Crippen LogP contribution >= 0.6 is 0 Å². The van der Waals surface area contributed by atoms with Crippen LogP contribution in [0.1, 0.15) is 17.3 Å². The van der Waals surface area contributed by atoms with Crippen molar-refractivity contribution >= 4 is 22.4 Å². The molecule has 1 aromatic rings. The van der Waals surface area contributed by atoms with E-state index in [1.54, 1.807) is 0 Å². The van der Waals surface area contributed by atoms with Gasteiger partial charge in [-0.15, -0.1) is 0 Å². The lowest BCUT2D eigenvalue weighted by Gasteiger charge is -2.09. The van der Waals surface area contributed by atoms with Gasteiger partial charge in [0.1, 0.15) is 5.75 Å². The van der Waals surface area contributed by atoms with Crippen molar-refractivity contribution in [3.8, 4) is 5.75 Å². The second-order valence-electron chi connectivity index (χ2n) is 3.50. The van der Waals surface area contributed by atoms with E-state index >= 15 is 0 Å². The minimum Gasteiger partial charge on any atom is -0.495 e. The lowest BCUT2D eigenvalue weighted by atomic mass is 10.1. The molecule has 1 rings (SSSR count). The van der Waals surface area contributed by atoms with E-state index in [1.807, 2.05) is 0 Å². The van der Waals surface area contributed by atoms with Gasteiger partial charge in [0.15, 0.2) is 5.78 Å². The summed E-state index contributed by atoms with van der Waals surface area (Å²) in [5.41, 5.74) is 8.63. The van der Waals surface area contributed by atoms with Gasteiger partial charge in [0.05, 0.1) is 18.8 Å². The van der Waals surface area contributed by atoms with Crippen molar-refractivity contribution in [2.45, 2.75) is 13.0 Å². The molecular formula is C10H11N4O4S. The molecule has 0 saturated carbocycles. The highest BCUT2D eigenvalue weighted by Gasteiger charge is 2.16. The Morgan fingerprint density at radius 3 is 2.74 bits per heavy atom. The number of azide groups is 1. The topological polar surface area (TPSA) is 121 Å². The highest BCUT2D eigenvalue weighted by Crippen LogP contribution is 2.26. The Morgan fingerprint density at radius 2 is 2.21 bits per heavy atom. The molecule has 1 aromatic carbocycles. The van der Waals surface area contributed by atoms with Gasteiger partial charge in [-0.3, -0.25) is 9.52 Å². The van der Waals surface area contributed by atoms with Crippen LogP contribution < -0.4 is 9.46 Å². The maximum atomic E-state index is 11.9. The van der Waals surface area contributed by atoms with E-state index in [9.17, 15) is 13.2 Å². The number of nitrogens with one attached hydrogen (secondary N) is 1. The summed E-state index contributed by atoms with van der Waals surface area (Å²) in [6.45, 7) is 1.45. The zero-order valence-electron chi connectivity index (χ0n) is 10.2. The van der Waals surface area contributed by atoms with Crippen molar-refractivity contribution in [1.29, 1.82) is 0 Å². The summed E-state index contributed by atoms with van der Waals surface area (Å²) >= 11 is 0. The van der Waals surface area contributed by atoms with Crippen molar-refractivity contribution in [2.24, 2.45) is 5.11 Å². The third-order valence-corrected chi connectivity index (χ3v) is 2.67. The average molecular weight is 283 g/mol. The Bertz CT molecular complexity index is 600. The minimum absolute atomic E-state index is 0.134. The van der Waals surface area contributed by atoms with Gasteiger partial charge in [-0.1, -0.05) is 5.11 Å². The summed E-state index contributed by atoms with van der Waals surface area (Å²) in [6.07, 6.45) is 0. The predicted octanol–water partition coefficient (Wildman–Crippen LogP) is 1.78. The summed E-state index contributed by atoms with van der Waals surface area (Å²) in [4.78, 5) is 14.4. The lowest BCUT2D eigenvalue weighted by Crippen LogP contribution is -2.14. The van der Waals surface area contributed by atoms with E-state index in [1.165, 1.54) is 32.2 Å². The summed E-state index contributed by atoms with van der Waals surface area (Å²) < 4.78 is 28.4. The molecule has 1 atom stereocenters. The number of anilines is 1. The smallest absolute Gasteiger partial charge is 0.293 e. The van der Waals surface area contributed by atoms with Crippen LogP contribution in [0.15, 0.2) is 23.3 Å². The SMILES string of the molecule is COc1ccc(C(=O)C(C)N=[N+]=[N-])cc1N[S](=O)=O. The first-order valence-corrected chi connectivity index (χ1v) is 6.19. The first-order valence-electron chi connectivity index (χ1n) is 5.12. The van der Waals surface area contributed by atoms with Crippen LogP contribution in [0.3, 0.4) is 0 Å². The van der Waals surface area contributed by atoms with Crippen molar-refractivity contribution < 1.29 is 17.9 Å². The quantitative estimate of drug-likeness (QED) is 0.370. The van der Waals surface area contributed by atoms with Crippen molar-refractivity contribution in [3.05, 3.63) is 34.2 Å². The van der Waals surface area contributed by atoms with Crippen LogP contribution in [0.25, 0.3) is 10.4 Å². The van der Waals surface area contributed by atoms with Gasteiger partial charge in [-0.25, -0.2) is 0 Å². The van der Waals surface area contributed by atoms with Gasteiger partial charge in [-0.05, 0) is 30.7 Å². The molecule has 0 saturated heterocycles. The fraction of sp³-hybridized carbons (Fsp3) is 0.300. The Kier molecular flexibility index (Phi) is 5.04. The van der Waals surface area contributed by atoms with Crippen molar-refractivity contribution in [2.75, 3.05) is 11.8 Å². The van der Waals surface area contributed by atoms with Crippen LogP contribution in [0.2, 0.25) is 0 Å². The molecule has 1 radical (unpaired) electrons. The van der Waals surface area contributed by atoms with E-state index in [-0.39, 0.29) is 17.0 Å². The van der Waals surface area contributed by atoms with E-state index in [4.69, 9.17) is 10.3 Å². The molecule has 9 heteroatoms. The van der Waals surface area contributed by atoms with Gasteiger partial charge in [0.25, 0.3) is 10.9 Å². The Balaban J connectivity index is 3.17. The van der Waals surface area contributed by atoms with Gasteiger partial charge in [0.2, 0.25) is 0 Å². The van der Waals surface area contributed by atoms with Crippen molar-refractivity contribution in [1.82, 2.24) is 0 Å². The van der Waals surface area contributed by atoms with Gasteiger partial charge < -0.3 is 4.74 Å². The molecule has 101 valence electrons. The number of carbonyl (C=O) groups is 1. The molecule has 8 nitrogen and oxygen atoms in total. The number of Topliss-reactive ketones (excluding diaryl/α,β-unsaturated/α-hetero) is 1. The average Bonchev–Trinajstić information content (AvgIpc) is 2.37. The fourth-order valence-corrected chi connectivity index (χ4v) is 1.74. The number of carbonyl (C=O) groups excluding carboxylic acids is 1. The molecule has 0 spiro atoms. The standard InChI is InChI=1S/C10H11N4O4S/c1-6(12-14-11)10(15)7-3-4-9(18-2)8(5-7)13-19(16)17/h3-6H,1-2H3,(H,13,16,17). The normalized spacial score (nSPS) is 11.1. The van der Waals surface area contributed by atoms with Gasteiger partial charge in [0, 0.05) is 10.5 Å². The molecule has 0 aliphatic rings. The Morgan fingerprint density at radius 1 is 1.53 bits per heavy atom. The molecule has 0 aromatic heterocycles. The predicted molar refractivity (Wildman–Crippen MR) is 68.5 cm³/mol. The number of rotatable bonds is 6. The third kappa shape index (κ3) is 3.80. The van der Waals surface area contributed by atoms with Crippen LogP contribution in [0.4, 0.5) is 5.69 Å². The summed E-state index contributed by atoms with van der Waals surface area (Å²) in [6, 6.07) is 3.36. The third-order valence-electron chi connectivity index (χ3n) is 2.28. The molecule has 0 bridgehead atoms. The zero-order valence-corrected chi connectivity index (χ0v) is 11.0. The van der Waals surface area contributed by atoms with Crippen LogP contribution in [-0.2, 0) is 10.9 Å². The second-order valence-corrected chi connectivity index (χ2v) is 4.17. The number of ketones is 1. The first kappa shape index (κ1) is 14.7. The summed E-state index contributed by atoms with van der Waals surface area (Å²) in [5.74, 6) is -0.141. The van der Waals surface area contributed by atoms with E-state index in [2.05, 4.69) is 14.7 Å². The molecular weight excluding hydrogens is 272 g/mol. The number of hydrogen-bond donors (Lipinski definition) is 1. The Hall–Kier alpha value is -2.38. The molecule has 0 heterocycles.